The van der Waals surface area contributed by atoms with Crippen molar-refractivity contribution in [2.24, 2.45) is 0 Å². The fourth-order valence-electron chi connectivity index (χ4n) is 2.84. The first kappa shape index (κ1) is 24.6. The summed E-state index contributed by atoms with van der Waals surface area (Å²) in [5.74, 6) is -1.61. The molecule has 2 rings (SSSR count). The molecule has 1 aromatic rings. The number of alkyl carbamates (subject to hydrolysis) is 1. The van der Waals surface area contributed by atoms with Gasteiger partial charge in [0.2, 0.25) is 5.91 Å². The number of aliphatic hydroxyl groups excluding tert-OH is 1. The number of benzene rings is 1. The van der Waals surface area contributed by atoms with E-state index in [9.17, 15) is 29.7 Å². The normalized spacial score (nSPS) is 20.4. The zero-order chi connectivity index (χ0) is 23.3. The number of aliphatic hydroxyl groups is 1. The molecule has 0 unspecified atom stereocenters. The number of hydrogen-bond acceptors (Lipinski definition) is 9. The van der Waals surface area contributed by atoms with Gasteiger partial charge >= 0.3 is 12.1 Å². The maximum Gasteiger partial charge on any atom is 0.408 e. The molecule has 1 aliphatic heterocycles. The van der Waals surface area contributed by atoms with Crippen LogP contribution in [0.3, 0.4) is 0 Å². The van der Waals surface area contributed by atoms with Gasteiger partial charge in [0.25, 0.3) is 0 Å². The van der Waals surface area contributed by atoms with Crippen molar-refractivity contribution in [3.8, 4) is 11.5 Å². The van der Waals surface area contributed by atoms with Gasteiger partial charge in [0.05, 0.1) is 18.2 Å². The molecule has 2 amide bonds. The van der Waals surface area contributed by atoms with Gasteiger partial charge < -0.3 is 35.4 Å². The van der Waals surface area contributed by atoms with Crippen LogP contribution in [0.15, 0.2) is 6.07 Å². The second kappa shape index (κ2) is 10.1. The zero-order valence-electron chi connectivity index (χ0n) is 17.9. The molecule has 0 spiro atoms. The largest absolute Gasteiger partial charge is 0.508 e. The molecular weight excluding hydrogens is 428 g/mol. The van der Waals surface area contributed by atoms with Crippen molar-refractivity contribution in [1.82, 2.24) is 10.6 Å². The summed E-state index contributed by atoms with van der Waals surface area (Å²) in [6.45, 7) is 5.60. The van der Waals surface area contributed by atoms with Gasteiger partial charge in [-0.2, -0.15) is 11.8 Å². The van der Waals surface area contributed by atoms with Gasteiger partial charge in [-0.15, -0.1) is 0 Å². The average Bonchev–Trinajstić information content (AvgIpc) is 2.65. The van der Waals surface area contributed by atoms with E-state index in [1.165, 1.54) is 18.7 Å². The van der Waals surface area contributed by atoms with Crippen molar-refractivity contribution >= 4 is 29.7 Å². The van der Waals surface area contributed by atoms with E-state index in [-0.39, 0.29) is 46.3 Å². The quantitative estimate of drug-likeness (QED) is 0.413. The van der Waals surface area contributed by atoms with Gasteiger partial charge in [-0.1, -0.05) is 0 Å². The predicted molar refractivity (Wildman–Crippen MR) is 113 cm³/mol. The van der Waals surface area contributed by atoms with Crippen molar-refractivity contribution in [1.29, 1.82) is 0 Å². The van der Waals surface area contributed by atoms with Crippen LogP contribution in [0, 0.1) is 6.92 Å². The van der Waals surface area contributed by atoms with E-state index in [2.05, 4.69) is 10.6 Å². The molecule has 1 aliphatic rings. The van der Waals surface area contributed by atoms with Crippen LogP contribution in [0.1, 0.15) is 42.3 Å². The SMILES string of the molecule is Cc1c(O)cc(O)c2c1C(=O)OC[C@H](NC(=O)OC(C)(C)C)C(=O)N[C@H](CO)CSC2. The van der Waals surface area contributed by atoms with Crippen molar-refractivity contribution in [3.05, 3.63) is 22.8 Å². The van der Waals surface area contributed by atoms with E-state index in [0.29, 0.717) is 0 Å². The van der Waals surface area contributed by atoms with E-state index in [1.54, 1.807) is 20.8 Å². The summed E-state index contributed by atoms with van der Waals surface area (Å²) in [4.78, 5) is 37.6. The Morgan fingerprint density at radius 1 is 1.32 bits per heavy atom. The van der Waals surface area contributed by atoms with E-state index in [4.69, 9.17) is 9.47 Å². The first-order valence-electron chi connectivity index (χ1n) is 9.63. The van der Waals surface area contributed by atoms with Crippen LogP contribution in [0.4, 0.5) is 4.79 Å². The third-order valence-electron chi connectivity index (χ3n) is 4.37. The summed E-state index contributed by atoms with van der Waals surface area (Å²) in [5, 5.41) is 34.8. The summed E-state index contributed by atoms with van der Waals surface area (Å²) >= 11 is 1.26. The lowest BCUT2D eigenvalue weighted by Crippen LogP contribution is -2.54. The van der Waals surface area contributed by atoms with Crippen LogP contribution in [0.2, 0.25) is 0 Å². The lowest BCUT2D eigenvalue weighted by molar-refractivity contribution is -0.125. The number of esters is 1. The standard InChI is InChI=1S/C20H28N2O8S/c1-10-14(24)5-15(25)12-9-31-8-11(6-23)21-17(26)13(7-29-18(27)16(10)12)22-19(28)30-20(2,3)4/h5,11,13,23-25H,6-9H2,1-4H3,(H,21,26)(H,22,28)/t11-,13+/m1/s1. The zero-order valence-corrected chi connectivity index (χ0v) is 18.7. The second-order valence-corrected chi connectivity index (χ2v) is 9.12. The summed E-state index contributed by atoms with van der Waals surface area (Å²) in [5.41, 5.74) is -0.332. The smallest absolute Gasteiger partial charge is 0.408 e. The van der Waals surface area contributed by atoms with Gasteiger partial charge in [-0.05, 0) is 27.7 Å². The number of amides is 2. The van der Waals surface area contributed by atoms with Crippen LogP contribution < -0.4 is 10.6 Å². The monoisotopic (exact) mass is 456 g/mol. The molecule has 0 saturated carbocycles. The van der Waals surface area contributed by atoms with Crippen molar-refractivity contribution in [2.75, 3.05) is 19.0 Å². The third-order valence-corrected chi connectivity index (χ3v) is 5.50. The number of carbonyl (C=O) groups is 3. The molecule has 10 nitrogen and oxygen atoms in total. The Hall–Kier alpha value is -2.66. The van der Waals surface area contributed by atoms with Gasteiger partial charge in [0, 0.05) is 28.7 Å². The lowest BCUT2D eigenvalue weighted by Gasteiger charge is -2.25. The van der Waals surface area contributed by atoms with Crippen molar-refractivity contribution < 1.29 is 39.2 Å². The average molecular weight is 457 g/mol. The molecule has 0 saturated heterocycles. The first-order chi connectivity index (χ1) is 14.4. The van der Waals surface area contributed by atoms with Crippen molar-refractivity contribution in [2.45, 2.75) is 51.1 Å². The van der Waals surface area contributed by atoms with Gasteiger partial charge in [-0.3, -0.25) is 4.79 Å². The predicted octanol–water partition coefficient (Wildman–Crippen LogP) is 1.18. The molecule has 0 aliphatic carbocycles. The van der Waals surface area contributed by atoms with Crippen LogP contribution in [-0.4, -0.2) is 69.9 Å². The number of thioether (sulfide) groups is 1. The maximum absolute atomic E-state index is 12.8. The number of fused-ring (bicyclic) bond motifs is 1. The minimum atomic E-state index is -1.29. The molecule has 0 aromatic heterocycles. The number of phenolic OH excluding ortho intramolecular Hbond substituents is 2. The molecule has 1 heterocycles. The van der Waals surface area contributed by atoms with Crippen LogP contribution in [0.5, 0.6) is 11.5 Å². The Kier molecular flexibility index (Phi) is 8.02. The van der Waals surface area contributed by atoms with Crippen molar-refractivity contribution in [3.63, 3.8) is 0 Å². The molecule has 172 valence electrons. The number of nitrogens with one attached hydrogen (secondary N) is 2. The highest BCUT2D eigenvalue weighted by atomic mass is 32.2. The molecule has 2 atom stereocenters. The highest BCUT2D eigenvalue weighted by Crippen LogP contribution is 2.35. The van der Waals surface area contributed by atoms with Gasteiger partial charge in [0.15, 0.2) is 0 Å². The number of hydrogen-bond donors (Lipinski definition) is 5. The Balaban J connectivity index is 2.36. The highest BCUT2D eigenvalue weighted by molar-refractivity contribution is 7.98. The van der Waals surface area contributed by atoms with Crippen LogP contribution in [-0.2, 0) is 20.0 Å². The van der Waals surface area contributed by atoms with E-state index < -0.39 is 42.3 Å². The maximum atomic E-state index is 12.8. The summed E-state index contributed by atoms with van der Waals surface area (Å²) in [6, 6.07) is -0.780. The number of phenols is 2. The second-order valence-electron chi connectivity index (χ2n) is 8.09. The minimum Gasteiger partial charge on any atom is -0.508 e. The molecule has 31 heavy (non-hydrogen) atoms. The summed E-state index contributed by atoms with van der Waals surface area (Å²) in [6.07, 6.45) is -0.877. The number of carbonyl (C=O) groups excluding carboxylic acids is 3. The minimum absolute atomic E-state index is 0.0115. The Morgan fingerprint density at radius 2 is 2.00 bits per heavy atom. The molecule has 0 fully saturated rings. The first-order valence-corrected chi connectivity index (χ1v) is 10.8. The summed E-state index contributed by atoms with van der Waals surface area (Å²) < 4.78 is 10.4. The molecule has 1 aromatic carbocycles. The van der Waals surface area contributed by atoms with Gasteiger partial charge in [0.1, 0.15) is 29.7 Å². The third kappa shape index (κ3) is 6.66. The number of rotatable bonds is 2. The fraction of sp³-hybridized carbons (Fsp3) is 0.550. The van der Waals surface area contributed by atoms with E-state index in [1.807, 2.05) is 0 Å². The Labute approximate surface area is 184 Å². The number of cyclic esters (lactones) is 1. The van der Waals surface area contributed by atoms with Gasteiger partial charge in [-0.25, -0.2) is 9.59 Å². The fourth-order valence-corrected chi connectivity index (χ4v) is 3.93. The Bertz CT molecular complexity index is 853. The Morgan fingerprint density at radius 3 is 2.61 bits per heavy atom. The lowest BCUT2D eigenvalue weighted by atomic mass is 10.0. The topological polar surface area (TPSA) is 154 Å². The molecule has 5 N–H and O–H groups in total. The van der Waals surface area contributed by atoms with E-state index >= 15 is 0 Å². The molecular formula is C20H28N2O8S. The van der Waals surface area contributed by atoms with Crippen LogP contribution >= 0.6 is 11.8 Å². The molecule has 0 bridgehead atoms. The summed E-state index contributed by atoms with van der Waals surface area (Å²) in [7, 11) is 0. The number of aromatic hydroxyl groups is 2. The molecule has 0 radical (unpaired) electrons. The molecule has 11 heteroatoms. The van der Waals surface area contributed by atoms with E-state index in [0.717, 1.165) is 6.07 Å². The number of ether oxygens (including phenoxy) is 2. The van der Waals surface area contributed by atoms with Crippen LogP contribution in [0.25, 0.3) is 0 Å². The highest BCUT2D eigenvalue weighted by Gasteiger charge is 2.30.